The van der Waals surface area contributed by atoms with Crippen molar-refractivity contribution in [3.63, 3.8) is 0 Å². The summed E-state index contributed by atoms with van der Waals surface area (Å²) in [6.45, 7) is 2.15. The topological polar surface area (TPSA) is 40.7 Å². The number of imidazole rings is 1. The molecule has 0 aliphatic rings. The van der Waals surface area contributed by atoms with E-state index < -0.39 is 11.6 Å². The minimum Gasteiger partial charge on any atom is -0.347 e. The first-order chi connectivity index (χ1) is 8.16. The van der Waals surface area contributed by atoms with E-state index in [0.29, 0.717) is 5.56 Å². The van der Waals surface area contributed by atoms with Crippen LogP contribution in [0.1, 0.15) is 24.4 Å². The Hall–Kier alpha value is -1.75. The van der Waals surface area contributed by atoms with Gasteiger partial charge < -0.3 is 10.3 Å². The molecule has 3 nitrogen and oxygen atoms in total. The number of aromatic nitrogens is 2. The van der Waals surface area contributed by atoms with Crippen LogP contribution in [0.3, 0.4) is 0 Å². The summed E-state index contributed by atoms with van der Waals surface area (Å²) in [6, 6.07) is 3.38. The monoisotopic (exact) mass is 237 g/mol. The lowest BCUT2D eigenvalue weighted by Crippen LogP contribution is -2.19. The number of hydrogen-bond acceptors (Lipinski definition) is 2. The lowest BCUT2D eigenvalue weighted by atomic mass is 10.2. The van der Waals surface area contributed by atoms with Crippen molar-refractivity contribution in [3.05, 3.63) is 53.6 Å². The maximum Gasteiger partial charge on any atom is 0.127 e. The standard InChI is InChI=1S/C12H13F2N3/c1-8(12-15-4-5-16-12)17-7-9-6-10(13)2-3-11(9)14/h2-6,8,17H,7H2,1H3,(H,15,16). The second-order valence-electron chi connectivity index (χ2n) is 3.81. The van der Waals surface area contributed by atoms with Crippen LogP contribution in [0.4, 0.5) is 8.78 Å². The molecule has 5 heteroatoms. The van der Waals surface area contributed by atoms with Gasteiger partial charge >= 0.3 is 0 Å². The molecular formula is C12H13F2N3. The number of H-pyrrole nitrogens is 1. The summed E-state index contributed by atoms with van der Waals surface area (Å²) in [5, 5.41) is 3.07. The summed E-state index contributed by atoms with van der Waals surface area (Å²) >= 11 is 0. The van der Waals surface area contributed by atoms with Crippen molar-refractivity contribution in [2.75, 3.05) is 0 Å². The molecule has 0 saturated heterocycles. The molecule has 1 aromatic heterocycles. The average molecular weight is 237 g/mol. The van der Waals surface area contributed by atoms with Crippen LogP contribution in [-0.4, -0.2) is 9.97 Å². The second kappa shape index (κ2) is 5.05. The predicted molar refractivity (Wildman–Crippen MR) is 60.2 cm³/mol. The Morgan fingerprint density at radius 1 is 1.41 bits per heavy atom. The van der Waals surface area contributed by atoms with Crippen LogP contribution in [0.2, 0.25) is 0 Å². The molecule has 17 heavy (non-hydrogen) atoms. The smallest absolute Gasteiger partial charge is 0.127 e. The lowest BCUT2D eigenvalue weighted by molar-refractivity contribution is 0.522. The molecule has 1 unspecified atom stereocenters. The summed E-state index contributed by atoms with van der Waals surface area (Å²) in [5.74, 6) is -0.0822. The van der Waals surface area contributed by atoms with Crippen molar-refractivity contribution in [3.8, 4) is 0 Å². The van der Waals surface area contributed by atoms with Gasteiger partial charge in [-0.2, -0.15) is 0 Å². The summed E-state index contributed by atoms with van der Waals surface area (Å²) < 4.78 is 26.3. The first-order valence-corrected chi connectivity index (χ1v) is 5.33. The van der Waals surface area contributed by atoms with E-state index in [2.05, 4.69) is 15.3 Å². The molecule has 90 valence electrons. The van der Waals surface area contributed by atoms with Gasteiger partial charge in [0, 0.05) is 24.5 Å². The minimum atomic E-state index is -0.436. The zero-order chi connectivity index (χ0) is 12.3. The number of halogens is 2. The third-order valence-corrected chi connectivity index (χ3v) is 2.54. The van der Waals surface area contributed by atoms with Crippen molar-refractivity contribution in [2.45, 2.75) is 19.5 Å². The highest BCUT2D eigenvalue weighted by molar-refractivity contribution is 5.18. The largest absolute Gasteiger partial charge is 0.347 e. The van der Waals surface area contributed by atoms with Crippen LogP contribution in [-0.2, 0) is 6.54 Å². The van der Waals surface area contributed by atoms with Crippen molar-refractivity contribution in [1.82, 2.24) is 15.3 Å². The molecule has 2 N–H and O–H groups in total. The maximum absolute atomic E-state index is 13.3. The van der Waals surface area contributed by atoms with Crippen LogP contribution in [0, 0.1) is 11.6 Å². The van der Waals surface area contributed by atoms with E-state index in [-0.39, 0.29) is 12.6 Å². The Bertz CT molecular complexity index is 483. The third kappa shape index (κ3) is 2.88. The molecule has 0 saturated carbocycles. The minimum absolute atomic E-state index is 0.0485. The fourth-order valence-corrected chi connectivity index (χ4v) is 1.55. The summed E-state index contributed by atoms with van der Waals surface area (Å²) in [7, 11) is 0. The van der Waals surface area contributed by atoms with Crippen molar-refractivity contribution in [1.29, 1.82) is 0 Å². The number of benzene rings is 1. The Labute approximate surface area is 97.9 Å². The Balaban J connectivity index is 2.00. The van der Waals surface area contributed by atoms with Crippen LogP contribution in [0.15, 0.2) is 30.6 Å². The van der Waals surface area contributed by atoms with Gasteiger partial charge in [-0.1, -0.05) is 0 Å². The molecule has 1 atom stereocenters. The van der Waals surface area contributed by atoms with Gasteiger partial charge in [0.25, 0.3) is 0 Å². The van der Waals surface area contributed by atoms with Gasteiger partial charge in [0.2, 0.25) is 0 Å². The molecular weight excluding hydrogens is 224 g/mol. The normalized spacial score (nSPS) is 12.6. The van der Waals surface area contributed by atoms with Gasteiger partial charge in [-0.05, 0) is 25.1 Å². The Morgan fingerprint density at radius 3 is 2.94 bits per heavy atom. The molecule has 0 amide bonds. The summed E-state index contributed by atoms with van der Waals surface area (Å²) in [5.41, 5.74) is 0.309. The van der Waals surface area contributed by atoms with Crippen molar-refractivity contribution in [2.24, 2.45) is 0 Å². The van der Waals surface area contributed by atoms with E-state index in [1.165, 1.54) is 6.07 Å². The van der Waals surface area contributed by atoms with E-state index in [9.17, 15) is 8.78 Å². The zero-order valence-electron chi connectivity index (χ0n) is 9.37. The van der Waals surface area contributed by atoms with Crippen molar-refractivity contribution < 1.29 is 8.78 Å². The Morgan fingerprint density at radius 2 is 2.24 bits per heavy atom. The van der Waals surface area contributed by atoms with Gasteiger partial charge in [-0.15, -0.1) is 0 Å². The maximum atomic E-state index is 13.3. The van der Waals surface area contributed by atoms with Gasteiger partial charge in [-0.25, -0.2) is 13.8 Å². The number of rotatable bonds is 4. The first-order valence-electron chi connectivity index (χ1n) is 5.33. The van der Waals surface area contributed by atoms with Crippen LogP contribution in [0.25, 0.3) is 0 Å². The van der Waals surface area contributed by atoms with Crippen LogP contribution < -0.4 is 5.32 Å². The van der Waals surface area contributed by atoms with Gasteiger partial charge in [0.15, 0.2) is 0 Å². The van der Waals surface area contributed by atoms with E-state index >= 15 is 0 Å². The predicted octanol–water partition coefficient (Wildman–Crippen LogP) is 2.54. The highest BCUT2D eigenvalue weighted by Crippen LogP contribution is 2.12. The van der Waals surface area contributed by atoms with Gasteiger partial charge in [-0.3, -0.25) is 0 Å². The number of aromatic amines is 1. The fraction of sp³-hybridized carbons (Fsp3) is 0.250. The highest BCUT2D eigenvalue weighted by atomic mass is 19.1. The zero-order valence-corrected chi connectivity index (χ0v) is 9.37. The molecule has 0 spiro atoms. The Kier molecular flexibility index (Phi) is 3.49. The SMILES string of the molecule is CC(NCc1cc(F)ccc1F)c1ncc[nH]1. The average Bonchev–Trinajstić information content (AvgIpc) is 2.83. The molecule has 0 aliphatic carbocycles. The molecule has 2 rings (SSSR count). The third-order valence-electron chi connectivity index (χ3n) is 2.54. The second-order valence-corrected chi connectivity index (χ2v) is 3.81. The van der Waals surface area contributed by atoms with Crippen LogP contribution >= 0.6 is 0 Å². The first kappa shape index (κ1) is 11.7. The number of hydrogen-bond donors (Lipinski definition) is 2. The molecule has 0 aliphatic heterocycles. The lowest BCUT2D eigenvalue weighted by Gasteiger charge is -2.11. The van der Waals surface area contributed by atoms with E-state index in [1.807, 2.05) is 6.92 Å². The molecule has 0 fully saturated rings. The summed E-state index contributed by atoms with van der Waals surface area (Å²) in [6.07, 6.45) is 3.37. The van der Waals surface area contributed by atoms with Gasteiger partial charge in [0.05, 0.1) is 6.04 Å². The number of nitrogens with one attached hydrogen (secondary N) is 2. The van der Waals surface area contributed by atoms with E-state index in [1.54, 1.807) is 12.4 Å². The van der Waals surface area contributed by atoms with E-state index in [4.69, 9.17) is 0 Å². The molecule has 0 radical (unpaired) electrons. The van der Waals surface area contributed by atoms with E-state index in [0.717, 1.165) is 18.0 Å². The van der Waals surface area contributed by atoms with Crippen molar-refractivity contribution >= 4 is 0 Å². The van der Waals surface area contributed by atoms with Gasteiger partial charge in [0.1, 0.15) is 17.5 Å². The van der Waals surface area contributed by atoms with Crippen LogP contribution in [0.5, 0.6) is 0 Å². The quantitative estimate of drug-likeness (QED) is 0.857. The molecule has 1 aromatic carbocycles. The molecule has 0 bridgehead atoms. The molecule has 2 aromatic rings. The summed E-state index contributed by atoms with van der Waals surface area (Å²) in [4.78, 5) is 7.04. The highest BCUT2D eigenvalue weighted by Gasteiger charge is 2.09. The molecule has 1 heterocycles. The number of nitrogens with zero attached hydrogens (tertiary/aromatic N) is 1. The fourth-order valence-electron chi connectivity index (χ4n) is 1.55.